The molecule has 1 atom stereocenters. The molecule has 0 aliphatic heterocycles. The van der Waals surface area contributed by atoms with Gasteiger partial charge in [-0.1, -0.05) is 23.2 Å². The lowest BCUT2D eigenvalue weighted by Gasteiger charge is -2.15. The molecular formula is C11H11Cl2FN2O4. The summed E-state index contributed by atoms with van der Waals surface area (Å²) in [6.07, 6.45) is -0.159. The van der Waals surface area contributed by atoms with Crippen LogP contribution in [-0.2, 0) is 4.79 Å². The Hall–Kier alpha value is -1.57. The molecule has 20 heavy (non-hydrogen) atoms. The number of carbonyl (C=O) groups is 2. The molecule has 0 saturated carbocycles. The second-order valence-corrected chi connectivity index (χ2v) is 4.56. The molecule has 0 aliphatic carbocycles. The van der Waals surface area contributed by atoms with E-state index >= 15 is 0 Å². The van der Waals surface area contributed by atoms with E-state index in [4.69, 9.17) is 33.4 Å². The van der Waals surface area contributed by atoms with Gasteiger partial charge < -0.3 is 20.8 Å². The van der Waals surface area contributed by atoms with Gasteiger partial charge in [0.15, 0.2) is 0 Å². The van der Waals surface area contributed by atoms with Crippen molar-refractivity contribution in [3.05, 3.63) is 28.0 Å². The maximum absolute atomic E-state index is 13.0. The Balaban J connectivity index is 2.78. The number of carboxylic acids is 1. The van der Waals surface area contributed by atoms with Crippen molar-refractivity contribution < 1.29 is 24.2 Å². The fourth-order valence-electron chi connectivity index (χ4n) is 1.36. The number of benzene rings is 1. The van der Waals surface area contributed by atoms with Gasteiger partial charge >= 0.3 is 12.0 Å². The molecule has 0 fully saturated rings. The maximum atomic E-state index is 13.0. The number of nitrogens with one attached hydrogen (secondary N) is 2. The molecule has 0 aromatic heterocycles. The van der Waals surface area contributed by atoms with Crippen LogP contribution in [0.15, 0.2) is 12.1 Å². The van der Waals surface area contributed by atoms with Gasteiger partial charge in [0.05, 0.1) is 15.7 Å². The molecule has 0 spiro atoms. The first-order valence-corrected chi connectivity index (χ1v) is 6.16. The summed E-state index contributed by atoms with van der Waals surface area (Å²) in [7, 11) is 0. The van der Waals surface area contributed by atoms with Crippen molar-refractivity contribution >= 4 is 40.9 Å². The lowest BCUT2D eigenvalue weighted by molar-refractivity contribution is -0.139. The van der Waals surface area contributed by atoms with Gasteiger partial charge in [0.2, 0.25) is 0 Å². The minimum atomic E-state index is -1.30. The van der Waals surface area contributed by atoms with Crippen molar-refractivity contribution in [2.75, 3.05) is 11.9 Å². The number of carbonyl (C=O) groups excluding carboxylic acids is 1. The second-order valence-electron chi connectivity index (χ2n) is 3.75. The zero-order chi connectivity index (χ0) is 15.3. The van der Waals surface area contributed by atoms with Crippen LogP contribution in [0.4, 0.5) is 14.9 Å². The van der Waals surface area contributed by atoms with E-state index < -0.39 is 30.5 Å². The van der Waals surface area contributed by atoms with E-state index in [1.54, 1.807) is 0 Å². The molecule has 110 valence electrons. The van der Waals surface area contributed by atoms with Crippen molar-refractivity contribution in [2.24, 2.45) is 0 Å². The molecule has 0 saturated heterocycles. The molecule has 1 rings (SSSR count). The Kier molecular flexibility index (Phi) is 6.00. The monoisotopic (exact) mass is 324 g/mol. The largest absolute Gasteiger partial charge is 0.480 e. The van der Waals surface area contributed by atoms with Gasteiger partial charge in [-0.3, -0.25) is 0 Å². The molecule has 0 heterocycles. The first-order chi connectivity index (χ1) is 9.35. The number of halogens is 3. The zero-order valence-corrected chi connectivity index (χ0v) is 11.5. The van der Waals surface area contributed by atoms with Gasteiger partial charge in [0, 0.05) is 13.0 Å². The second kappa shape index (κ2) is 7.28. The Morgan fingerprint density at radius 2 is 1.85 bits per heavy atom. The molecule has 0 aliphatic rings. The Morgan fingerprint density at radius 1 is 1.30 bits per heavy atom. The number of urea groups is 1. The number of aliphatic hydroxyl groups is 1. The number of rotatable bonds is 5. The summed E-state index contributed by atoms with van der Waals surface area (Å²) in [6, 6.07) is -0.254. The standard InChI is InChI=1S/C11H11Cl2FN2O4/c12-6-3-5(14)4-7(13)9(6)16-11(20)15-8(1-2-17)10(18)19/h3-4,8,17H,1-2H2,(H,18,19)(H2,15,16,20)/t8-/m0/s1. The van der Waals surface area contributed by atoms with Crippen LogP contribution in [-0.4, -0.2) is 34.9 Å². The van der Waals surface area contributed by atoms with Crippen LogP contribution in [0.25, 0.3) is 0 Å². The first-order valence-electron chi connectivity index (χ1n) is 5.41. The van der Waals surface area contributed by atoms with E-state index in [-0.39, 0.29) is 22.2 Å². The summed E-state index contributed by atoms with van der Waals surface area (Å²) >= 11 is 11.4. The molecule has 4 N–H and O–H groups in total. The van der Waals surface area contributed by atoms with Crippen LogP contribution in [0.5, 0.6) is 0 Å². The smallest absolute Gasteiger partial charge is 0.326 e. The average Bonchev–Trinajstić information content (AvgIpc) is 2.33. The molecular weight excluding hydrogens is 314 g/mol. The Bertz CT molecular complexity index is 504. The summed E-state index contributed by atoms with van der Waals surface area (Å²) in [6.45, 7) is -0.407. The van der Waals surface area contributed by atoms with Crippen LogP contribution < -0.4 is 10.6 Å². The average molecular weight is 325 g/mol. The number of carboxylic acid groups (broad SMARTS) is 1. The van der Waals surface area contributed by atoms with Crippen molar-refractivity contribution in [2.45, 2.75) is 12.5 Å². The van der Waals surface area contributed by atoms with Gasteiger partial charge in [-0.2, -0.15) is 0 Å². The van der Waals surface area contributed by atoms with Crippen molar-refractivity contribution in [3.63, 3.8) is 0 Å². The third-order valence-corrected chi connectivity index (χ3v) is 2.86. The molecule has 1 aromatic carbocycles. The summed E-state index contributed by atoms with van der Waals surface area (Å²) < 4.78 is 13.0. The number of aliphatic carboxylic acids is 1. The number of amides is 2. The minimum absolute atomic E-state index is 0.0413. The molecule has 0 bridgehead atoms. The number of hydrogen-bond acceptors (Lipinski definition) is 3. The third-order valence-electron chi connectivity index (χ3n) is 2.27. The van der Waals surface area contributed by atoms with Crippen LogP contribution >= 0.6 is 23.2 Å². The van der Waals surface area contributed by atoms with E-state index in [9.17, 15) is 14.0 Å². The van der Waals surface area contributed by atoms with Crippen molar-refractivity contribution in [1.29, 1.82) is 0 Å². The van der Waals surface area contributed by atoms with Crippen molar-refractivity contribution in [3.8, 4) is 0 Å². The lowest BCUT2D eigenvalue weighted by Crippen LogP contribution is -2.43. The molecule has 9 heteroatoms. The van der Waals surface area contributed by atoms with Gasteiger partial charge in [0.25, 0.3) is 0 Å². The number of hydrogen-bond donors (Lipinski definition) is 4. The van der Waals surface area contributed by atoms with E-state index in [1.807, 2.05) is 0 Å². The quantitative estimate of drug-likeness (QED) is 0.666. The highest BCUT2D eigenvalue weighted by atomic mass is 35.5. The normalized spacial score (nSPS) is 11.8. The lowest BCUT2D eigenvalue weighted by atomic mass is 10.2. The number of aliphatic hydroxyl groups excluding tert-OH is 1. The summed E-state index contributed by atoms with van der Waals surface area (Å²) in [5, 5.41) is 21.6. The SMILES string of the molecule is O=C(Nc1c(Cl)cc(F)cc1Cl)N[C@@H](CCO)C(=O)O. The molecule has 0 unspecified atom stereocenters. The molecule has 2 amide bonds. The Morgan fingerprint density at radius 3 is 2.30 bits per heavy atom. The number of anilines is 1. The van der Waals surface area contributed by atoms with Crippen LogP contribution in [0.2, 0.25) is 10.0 Å². The first kappa shape index (κ1) is 16.5. The molecule has 1 aromatic rings. The minimum Gasteiger partial charge on any atom is -0.480 e. The summed E-state index contributed by atoms with van der Waals surface area (Å²) in [4.78, 5) is 22.4. The fraction of sp³-hybridized carbons (Fsp3) is 0.273. The van der Waals surface area contributed by atoms with Gasteiger partial charge in [-0.25, -0.2) is 14.0 Å². The third kappa shape index (κ3) is 4.52. The van der Waals surface area contributed by atoms with E-state index in [0.717, 1.165) is 12.1 Å². The summed E-state index contributed by atoms with van der Waals surface area (Å²) in [5.74, 6) is -1.97. The highest BCUT2D eigenvalue weighted by Gasteiger charge is 2.20. The van der Waals surface area contributed by atoms with Gasteiger partial charge in [-0.05, 0) is 12.1 Å². The zero-order valence-electron chi connectivity index (χ0n) is 9.99. The predicted molar refractivity (Wildman–Crippen MR) is 71.7 cm³/mol. The van der Waals surface area contributed by atoms with Gasteiger partial charge in [-0.15, -0.1) is 0 Å². The van der Waals surface area contributed by atoms with Crippen molar-refractivity contribution in [1.82, 2.24) is 5.32 Å². The maximum Gasteiger partial charge on any atom is 0.326 e. The summed E-state index contributed by atoms with van der Waals surface area (Å²) in [5.41, 5.74) is -0.0413. The molecule has 6 nitrogen and oxygen atoms in total. The topological polar surface area (TPSA) is 98.7 Å². The van der Waals surface area contributed by atoms with Crippen LogP contribution in [0.3, 0.4) is 0 Å². The predicted octanol–water partition coefficient (Wildman–Crippen LogP) is 2.09. The fourth-order valence-corrected chi connectivity index (χ4v) is 1.91. The molecule has 0 radical (unpaired) electrons. The highest BCUT2D eigenvalue weighted by Crippen LogP contribution is 2.31. The highest BCUT2D eigenvalue weighted by molar-refractivity contribution is 6.39. The van der Waals surface area contributed by atoms with Crippen LogP contribution in [0, 0.1) is 5.82 Å². The van der Waals surface area contributed by atoms with Crippen LogP contribution in [0.1, 0.15) is 6.42 Å². The van der Waals surface area contributed by atoms with E-state index in [1.165, 1.54) is 0 Å². The van der Waals surface area contributed by atoms with Gasteiger partial charge in [0.1, 0.15) is 11.9 Å². The van der Waals surface area contributed by atoms with E-state index in [0.29, 0.717) is 0 Å². The van der Waals surface area contributed by atoms with E-state index in [2.05, 4.69) is 10.6 Å². The Labute approximate surface area is 123 Å².